The number of benzene rings is 2. The molecule has 0 radical (unpaired) electrons. The van der Waals surface area contributed by atoms with Gasteiger partial charge in [0.25, 0.3) is 5.91 Å². The number of thioether (sulfide) groups is 1. The highest BCUT2D eigenvalue weighted by atomic mass is 32.2. The van der Waals surface area contributed by atoms with Crippen molar-refractivity contribution in [3.8, 4) is 11.3 Å². The lowest BCUT2D eigenvalue weighted by Crippen LogP contribution is -2.26. The summed E-state index contributed by atoms with van der Waals surface area (Å²) in [5.74, 6) is 1.73. The van der Waals surface area contributed by atoms with Gasteiger partial charge in [-0.1, -0.05) is 77.6 Å². The molecule has 2 aromatic heterocycles. The summed E-state index contributed by atoms with van der Waals surface area (Å²) in [6.07, 6.45) is 2.43. The molecule has 0 unspecified atom stereocenters. The van der Waals surface area contributed by atoms with Crippen LogP contribution in [0.1, 0.15) is 40.3 Å². The quantitative estimate of drug-likeness (QED) is 0.346. The standard InChI is InChI=1S/C26H27N5O3S/c1-18-23(24(30-34-18)20-11-6-3-7-12-20)25(32)27-15-22-28-29-26(35-17-21-13-8-14-33-21)31(22)16-19-9-4-2-5-10-19/h2-7,9-12,21H,8,13-17H2,1H3,(H,27,32)/t21-/m1/s1. The van der Waals surface area contributed by atoms with E-state index in [1.165, 1.54) is 0 Å². The van der Waals surface area contributed by atoms with Crippen molar-refractivity contribution in [3.63, 3.8) is 0 Å². The van der Waals surface area contributed by atoms with Crippen molar-refractivity contribution >= 4 is 17.7 Å². The third kappa shape index (κ3) is 5.47. The molecular weight excluding hydrogens is 462 g/mol. The molecule has 2 aromatic carbocycles. The van der Waals surface area contributed by atoms with Gasteiger partial charge in [0.15, 0.2) is 11.0 Å². The summed E-state index contributed by atoms with van der Waals surface area (Å²) in [5.41, 5.74) is 2.92. The molecule has 4 aromatic rings. The third-order valence-corrected chi connectivity index (χ3v) is 7.04. The number of aromatic nitrogens is 4. The lowest BCUT2D eigenvalue weighted by atomic mass is 10.1. The molecular formula is C26H27N5O3S. The minimum Gasteiger partial charge on any atom is -0.377 e. The number of carbonyl (C=O) groups excluding carboxylic acids is 1. The van der Waals surface area contributed by atoms with Crippen LogP contribution in [0.2, 0.25) is 0 Å². The second-order valence-electron chi connectivity index (χ2n) is 8.43. The molecule has 0 bridgehead atoms. The van der Waals surface area contributed by atoms with Gasteiger partial charge in [0, 0.05) is 17.9 Å². The SMILES string of the molecule is Cc1onc(-c2ccccc2)c1C(=O)NCc1nnc(SC[C@H]2CCCO2)n1Cc1ccccc1. The highest BCUT2D eigenvalue weighted by Crippen LogP contribution is 2.26. The van der Waals surface area contributed by atoms with Gasteiger partial charge in [-0.3, -0.25) is 4.79 Å². The summed E-state index contributed by atoms with van der Waals surface area (Å²) in [4.78, 5) is 13.2. The molecule has 1 aliphatic rings. The smallest absolute Gasteiger partial charge is 0.257 e. The van der Waals surface area contributed by atoms with Crippen LogP contribution in [0.25, 0.3) is 11.3 Å². The number of nitrogens with one attached hydrogen (secondary N) is 1. The van der Waals surface area contributed by atoms with Crippen LogP contribution in [0.3, 0.4) is 0 Å². The first-order valence-electron chi connectivity index (χ1n) is 11.7. The zero-order valence-electron chi connectivity index (χ0n) is 19.5. The van der Waals surface area contributed by atoms with Crippen LogP contribution in [0.15, 0.2) is 70.3 Å². The number of rotatable bonds is 9. The van der Waals surface area contributed by atoms with Gasteiger partial charge in [0.1, 0.15) is 17.0 Å². The van der Waals surface area contributed by atoms with E-state index in [0.717, 1.165) is 41.5 Å². The Hall–Kier alpha value is -3.43. The van der Waals surface area contributed by atoms with E-state index in [2.05, 4.69) is 37.4 Å². The topological polar surface area (TPSA) is 95.1 Å². The Morgan fingerprint density at radius 3 is 2.63 bits per heavy atom. The molecule has 1 fully saturated rings. The van der Waals surface area contributed by atoms with E-state index in [4.69, 9.17) is 9.26 Å². The molecule has 0 spiro atoms. The summed E-state index contributed by atoms with van der Waals surface area (Å²) in [7, 11) is 0. The molecule has 1 aliphatic heterocycles. The average Bonchev–Trinajstić information content (AvgIpc) is 3.63. The van der Waals surface area contributed by atoms with Gasteiger partial charge in [0.05, 0.1) is 19.2 Å². The Balaban J connectivity index is 1.34. The highest BCUT2D eigenvalue weighted by Gasteiger charge is 2.23. The summed E-state index contributed by atoms with van der Waals surface area (Å²) in [5, 5.41) is 16.8. The van der Waals surface area contributed by atoms with Crippen molar-refractivity contribution in [2.75, 3.05) is 12.4 Å². The van der Waals surface area contributed by atoms with E-state index in [-0.39, 0.29) is 18.6 Å². The largest absolute Gasteiger partial charge is 0.377 e. The molecule has 1 atom stereocenters. The zero-order chi connectivity index (χ0) is 24.0. The van der Waals surface area contributed by atoms with Crippen LogP contribution < -0.4 is 5.32 Å². The van der Waals surface area contributed by atoms with Crippen molar-refractivity contribution in [2.45, 2.75) is 44.1 Å². The number of aryl methyl sites for hydroxylation is 1. The summed E-state index contributed by atoms with van der Waals surface area (Å²) < 4.78 is 13.2. The fraction of sp³-hybridized carbons (Fsp3) is 0.308. The highest BCUT2D eigenvalue weighted by molar-refractivity contribution is 7.99. The Bertz CT molecular complexity index is 1270. The van der Waals surface area contributed by atoms with Crippen LogP contribution in [-0.4, -0.2) is 44.3 Å². The fourth-order valence-electron chi connectivity index (χ4n) is 4.10. The van der Waals surface area contributed by atoms with Crippen molar-refractivity contribution < 1.29 is 14.1 Å². The van der Waals surface area contributed by atoms with Gasteiger partial charge in [-0.05, 0) is 25.3 Å². The zero-order valence-corrected chi connectivity index (χ0v) is 20.3. The number of nitrogens with zero attached hydrogens (tertiary/aromatic N) is 4. The van der Waals surface area contributed by atoms with Crippen molar-refractivity contribution in [1.29, 1.82) is 0 Å². The maximum Gasteiger partial charge on any atom is 0.257 e. The molecule has 1 amide bonds. The molecule has 9 heteroatoms. The second kappa shape index (κ2) is 10.9. The van der Waals surface area contributed by atoms with Crippen molar-refractivity contribution in [1.82, 2.24) is 25.2 Å². The molecule has 8 nitrogen and oxygen atoms in total. The Morgan fingerprint density at radius 1 is 1.11 bits per heavy atom. The summed E-state index contributed by atoms with van der Waals surface area (Å²) in [6, 6.07) is 19.7. The number of ether oxygens (including phenoxy) is 1. The van der Waals surface area contributed by atoms with Crippen molar-refractivity contribution in [2.24, 2.45) is 0 Å². The number of hydrogen-bond donors (Lipinski definition) is 1. The fourth-order valence-corrected chi connectivity index (χ4v) is 5.13. The predicted molar refractivity (Wildman–Crippen MR) is 133 cm³/mol. The van der Waals surface area contributed by atoms with Crippen LogP contribution in [0.4, 0.5) is 0 Å². The first kappa shape index (κ1) is 23.3. The van der Waals surface area contributed by atoms with E-state index in [0.29, 0.717) is 29.4 Å². The minimum atomic E-state index is -0.259. The molecule has 3 heterocycles. The molecule has 5 rings (SSSR count). The van der Waals surface area contributed by atoms with Crippen LogP contribution in [0, 0.1) is 6.92 Å². The lowest BCUT2D eigenvalue weighted by Gasteiger charge is -2.13. The van der Waals surface area contributed by atoms with E-state index in [1.807, 2.05) is 48.5 Å². The van der Waals surface area contributed by atoms with Crippen LogP contribution in [-0.2, 0) is 17.8 Å². The Labute approximate surface area is 208 Å². The average molecular weight is 490 g/mol. The van der Waals surface area contributed by atoms with Crippen LogP contribution in [0.5, 0.6) is 0 Å². The van der Waals surface area contributed by atoms with Gasteiger partial charge in [-0.2, -0.15) is 0 Å². The monoisotopic (exact) mass is 489 g/mol. The molecule has 35 heavy (non-hydrogen) atoms. The molecule has 0 saturated carbocycles. The first-order chi connectivity index (χ1) is 17.2. The minimum absolute atomic E-state index is 0.234. The number of amides is 1. The molecule has 1 N–H and O–H groups in total. The maximum absolute atomic E-state index is 13.2. The predicted octanol–water partition coefficient (Wildman–Crippen LogP) is 4.49. The normalized spacial score (nSPS) is 15.4. The molecule has 1 saturated heterocycles. The van der Waals surface area contributed by atoms with Crippen molar-refractivity contribution in [3.05, 3.63) is 83.4 Å². The van der Waals surface area contributed by atoms with Gasteiger partial charge in [0.2, 0.25) is 0 Å². The summed E-state index contributed by atoms with van der Waals surface area (Å²) >= 11 is 1.65. The maximum atomic E-state index is 13.2. The van der Waals surface area contributed by atoms with Crippen LogP contribution >= 0.6 is 11.8 Å². The van der Waals surface area contributed by atoms with Gasteiger partial charge >= 0.3 is 0 Å². The molecule has 0 aliphatic carbocycles. The lowest BCUT2D eigenvalue weighted by molar-refractivity contribution is 0.0948. The molecule has 180 valence electrons. The summed E-state index contributed by atoms with van der Waals surface area (Å²) in [6.45, 7) is 3.42. The van der Waals surface area contributed by atoms with E-state index in [9.17, 15) is 4.79 Å². The first-order valence-corrected chi connectivity index (χ1v) is 12.7. The van der Waals surface area contributed by atoms with E-state index in [1.54, 1.807) is 18.7 Å². The number of carbonyl (C=O) groups is 1. The second-order valence-corrected chi connectivity index (χ2v) is 9.41. The van der Waals surface area contributed by atoms with E-state index >= 15 is 0 Å². The third-order valence-electron chi connectivity index (χ3n) is 5.94. The van der Waals surface area contributed by atoms with Gasteiger partial charge in [-0.15, -0.1) is 10.2 Å². The Morgan fingerprint density at radius 2 is 1.89 bits per heavy atom. The Kier molecular flexibility index (Phi) is 7.25. The van der Waals surface area contributed by atoms with E-state index < -0.39 is 0 Å². The van der Waals surface area contributed by atoms with Gasteiger partial charge < -0.3 is 19.1 Å². The van der Waals surface area contributed by atoms with Gasteiger partial charge in [-0.25, -0.2) is 0 Å². The number of hydrogen-bond acceptors (Lipinski definition) is 7.